The van der Waals surface area contributed by atoms with Crippen LogP contribution in [0.1, 0.15) is 5.56 Å². The molecule has 4 heterocycles. The molecular formula is C19H16O2S8. The first-order valence-electron chi connectivity index (χ1n) is 8.71. The maximum absolute atomic E-state index is 9.73. The summed E-state index contributed by atoms with van der Waals surface area (Å²) in [4.78, 5) is 1.32. The van der Waals surface area contributed by atoms with Crippen LogP contribution in [0.15, 0.2) is 61.2 Å². The zero-order valence-corrected chi connectivity index (χ0v) is 21.5. The molecule has 0 atom stereocenters. The number of aliphatic hydroxyl groups excluding tert-OH is 2. The SMILES string of the molecule is OCC1(CO)CSC2=C(SC1)SC(=C1SC3=C(SC(c4ccccc4)=CS3)S1)S2. The molecule has 2 nitrogen and oxygen atoms in total. The monoisotopic (exact) mass is 532 g/mol. The Bertz CT molecular complexity index is 922. The molecule has 0 amide bonds. The number of rotatable bonds is 3. The van der Waals surface area contributed by atoms with Gasteiger partial charge in [0, 0.05) is 21.8 Å². The van der Waals surface area contributed by atoms with Crippen molar-refractivity contribution < 1.29 is 10.2 Å². The molecule has 4 aliphatic heterocycles. The second-order valence-electron chi connectivity index (χ2n) is 6.59. The van der Waals surface area contributed by atoms with Crippen molar-refractivity contribution in [3.63, 3.8) is 0 Å². The van der Waals surface area contributed by atoms with E-state index >= 15 is 0 Å². The largest absolute Gasteiger partial charge is 0.396 e. The van der Waals surface area contributed by atoms with Crippen LogP contribution < -0.4 is 0 Å². The second-order valence-corrected chi connectivity index (χ2v) is 16.1. The van der Waals surface area contributed by atoms with Crippen molar-refractivity contribution in [2.24, 2.45) is 5.41 Å². The lowest BCUT2D eigenvalue weighted by Crippen LogP contribution is -2.34. The number of benzene rings is 1. The summed E-state index contributed by atoms with van der Waals surface area (Å²) in [7, 11) is 0. The van der Waals surface area contributed by atoms with Crippen LogP contribution in [-0.2, 0) is 0 Å². The van der Waals surface area contributed by atoms with Crippen molar-refractivity contribution in [1.82, 2.24) is 0 Å². The van der Waals surface area contributed by atoms with Gasteiger partial charge < -0.3 is 10.2 Å². The molecule has 0 saturated heterocycles. The van der Waals surface area contributed by atoms with Crippen molar-refractivity contribution in [3.8, 4) is 0 Å². The van der Waals surface area contributed by atoms with E-state index in [0.29, 0.717) is 0 Å². The molecule has 29 heavy (non-hydrogen) atoms. The van der Waals surface area contributed by atoms with E-state index in [2.05, 4.69) is 35.7 Å². The molecule has 4 aliphatic rings. The molecular weight excluding hydrogens is 517 g/mol. The summed E-state index contributed by atoms with van der Waals surface area (Å²) in [6.07, 6.45) is 0. The van der Waals surface area contributed by atoms with E-state index in [9.17, 15) is 10.2 Å². The van der Waals surface area contributed by atoms with Crippen LogP contribution in [0, 0.1) is 5.41 Å². The Morgan fingerprint density at radius 2 is 1.24 bits per heavy atom. The van der Waals surface area contributed by atoms with Crippen molar-refractivity contribution in [1.29, 1.82) is 0 Å². The van der Waals surface area contributed by atoms with Crippen LogP contribution in [0.4, 0.5) is 0 Å². The Kier molecular flexibility index (Phi) is 7.05. The van der Waals surface area contributed by atoms with Gasteiger partial charge in [-0.05, 0) is 11.0 Å². The third kappa shape index (κ3) is 4.54. The predicted octanol–water partition coefficient (Wildman–Crippen LogP) is 7.26. The summed E-state index contributed by atoms with van der Waals surface area (Å²) in [5, 5.41) is 21.7. The lowest BCUT2D eigenvalue weighted by atomic mass is 9.96. The highest BCUT2D eigenvalue weighted by Crippen LogP contribution is 2.69. The lowest BCUT2D eigenvalue weighted by molar-refractivity contribution is 0.0935. The summed E-state index contributed by atoms with van der Waals surface area (Å²) in [5.41, 5.74) is 0.906. The Balaban J connectivity index is 1.26. The molecule has 2 N–H and O–H groups in total. The minimum absolute atomic E-state index is 0.0425. The van der Waals surface area contributed by atoms with Crippen LogP contribution in [0.2, 0.25) is 0 Å². The van der Waals surface area contributed by atoms with Gasteiger partial charge in [-0.25, -0.2) is 0 Å². The molecule has 10 heteroatoms. The maximum Gasteiger partial charge on any atom is 0.0718 e. The van der Waals surface area contributed by atoms with Crippen LogP contribution in [-0.4, -0.2) is 34.9 Å². The van der Waals surface area contributed by atoms with E-state index in [1.54, 1.807) is 23.5 Å². The van der Waals surface area contributed by atoms with Gasteiger partial charge >= 0.3 is 0 Å². The Labute approximate surface area is 204 Å². The highest BCUT2D eigenvalue weighted by Gasteiger charge is 2.38. The minimum Gasteiger partial charge on any atom is -0.396 e. The van der Waals surface area contributed by atoms with E-state index in [1.807, 2.05) is 70.6 Å². The van der Waals surface area contributed by atoms with Gasteiger partial charge in [-0.1, -0.05) is 101 Å². The quantitative estimate of drug-likeness (QED) is 0.416. The second kappa shape index (κ2) is 9.41. The third-order valence-corrected chi connectivity index (χ3v) is 16.7. The average molecular weight is 533 g/mol. The van der Waals surface area contributed by atoms with Crippen LogP contribution >= 0.6 is 94.1 Å². The van der Waals surface area contributed by atoms with Gasteiger partial charge in [-0.2, -0.15) is 0 Å². The summed E-state index contributed by atoms with van der Waals surface area (Å²) >= 11 is 14.8. The molecule has 0 saturated carbocycles. The van der Waals surface area contributed by atoms with Crippen LogP contribution in [0.3, 0.4) is 0 Å². The number of aliphatic hydroxyl groups is 2. The molecule has 0 aromatic heterocycles. The highest BCUT2D eigenvalue weighted by molar-refractivity contribution is 8.46. The van der Waals surface area contributed by atoms with Gasteiger partial charge in [0.05, 0.1) is 38.6 Å². The topological polar surface area (TPSA) is 40.5 Å². The first-order valence-corrected chi connectivity index (χ1v) is 15.6. The smallest absolute Gasteiger partial charge is 0.0718 e. The zero-order valence-electron chi connectivity index (χ0n) is 15.0. The molecule has 5 rings (SSSR count). The van der Waals surface area contributed by atoms with E-state index in [1.165, 1.54) is 35.9 Å². The van der Waals surface area contributed by atoms with E-state index in [4.69, 9.17) is 0 Å². The fourth-order valence-corrected chi connectivity index (χ4v) is 15.0. The summed E-state index contributed by atoms with van der Waals surface area (Å²) in [6, 6.07) is 10.6. The van der Waals surface area contributed by atoms with Crippen molar-refractivity contribution in [2.75, 3.05) is 24.7 Å². The van der Waals surface area contributed by atoms with Crippen molar-refractivity contribution in [3.05, 3.63) is 66.7 Å². The fraction of sp³-hybridized carbons (Fsp3) is 0.263. The van der Waals surface area contributed by atoms with Gasteiger partial charge in [0.2, 0.25) is 0 Å². The van der Waals surface area contributed by atoms with Gasteiger partial charge in [0.15, 0.2) is 0 Å². The van der Waals surface area contributed by atoms with Gasteiger partial charge in [0.1, 0.15) is 0 Å². The van der Waals surface area contributed by atoms with Gasteiger partial charge in [-0.15, -0.1) is 23.5 Å². The van der Waals surface area contributed by atoms with Crippen molar-refractivity contribution >= 4 is 99.0 Å². The molecule has 152 valence electrons. The Morgan fingerprint density at radius 1 is 0.690 bits per heavy atom. The molecule has 0 aliphatic carbocycles. The molecule has 0 bridgehead atoms. The average Bonchev–Trinajstić information content (AvgIpc) is 3.34. The summed E-state index contributed by atoms with van der Waals surface area (Å²) in [6.45, 7) is 0.0851. The van der Waals surface area contributed by atoms with Crippen LogP contribution in [0.5, 0.6) is 0 Å². The van der Waals surface area contributed by atoms with Crippen molar-refractivity contribution in [2.45, 2.75) is 0 Å². The lowest BCUT2D eigenvalue weighted by Gasteiger charge is -2.27. The normalized spacial score (nSPS) is 23.9. The summed E-state index contributed by atoms with van der Waals surface area (Å²) < 4.78 is 8.22. The molecule has 0 fully saturated rings. The van der Waals surface area contributed by atoms with Gasteiger partial charge in [-0.3, -0.25) is 0 Å². The summed E-state index contributed by atoms with van der Waals surface area (Å²) in [5.74, 6) is 1.54. The third-order valence-electron chi connectivity index (χ3n) is 4.47. The van der Waals surface area contributed by atoms with E-state index < -0.39 is 0 Å². The maximum atomic E-state index is 9.73. The fourth-order valence-electron chi connectivity index (χ4n) is 2.70. The number of thioether (sulfide) groups is 8. The standard InChI is InChI=1S/C19H16O2S8/c20-7-19(8-21)9-23-13-14(24-10-19)27-17(26-13)18-28-15-16(29-18)25-12(6-22-15)11-4-2-1-3-5-11/h1-6,20-21H,7-10H2. The minimum atomic E-state index is -0.377. The number of hydrogen-bond acceptors (Lipinski definition) is 10. The molecule has 1 aromatic rings. The highest BCUT2D eigenvalue weighted by atomic mass is 32.3. The predicted molar refractivity (Wildman–Crippen MR) is 143 cm³/mol. The number of hydrogen-bond donors (Lipinski definition) is 2. The molecule has 0 spiro atoms. The molecule has 1 aromatic carbocycles. The van der Waals surface area contributed by atoms with E-state index in [0.717, 1.165) is 11.5 Å². The van der Waals surface area contributed by atoms with E-state index in [-0.39, 0.29) is 18.6 Å². The Hall–Kier alpha value is 0.900. The van der Waals surface area contributed by atoms with Crippen LogP contribution in [0.25, 0.3) is 4.91 Å². The van der Waals surface area contributed by atoms with Gasteiger partial charge in [0.25, 0.3) is 0 Å². The first-order chi connectivity index (χ1) is 14.2. The zero-order chi connectivity index (χ0) is 19.8. The first kappa shape index (κ1) is 21.7. The molecule has 0 unspecified atom stereocenters. The Morgan fingerprint density at radius 3 is 1.86 bits per heavy atom. The molecule has 0 radical (unpaired) electrons.